The fraction of sp³-hybridized carbons (Fsp3) is 0.600. The number of aliphatic hydroxyl groups is 2. The molecule has 1 aliphatic carbocycles. The molecule has 1 aromatic rings. The highest BCUT2D eigenvalue weighted by atomic mass is 16.3. The fourth-order valence-corrected chi connectivity index (χ4v) is 3.57. The van der Waals surface area contributed by atoms with E-state index in [2.05, 4.69) is 18.0 Å². The zero-order chi connectivity index (χ0) is 12.7. The van der Waals surface area contributed by atoms with Gasteiger partial charge in [-0.3, -0.25) is 0 Å². The van der Waals surface area contributed by atoms with Crippen LogP contribution in [-0.2, 0) is 6.42 Å². The SMILES string of the molecule is CN1CCC(C2Cc3ccccc3C(O)C2O)C1. The number of nitrogens with zero attached hydrogens (tertiary/aromatic N) is 1. The van der Waals surface area contributed by atoms with Gasteiger partial charge in [-0.25, -0.2) is 0 Å². The molecule has 3 nitrogen and oxygen atoms in total. The molecule has 1 aliphatic heterocycles. The minimum atomic E-state index is -0.717. The molecule has 0 radical (unpaired) electrons. The smallest absolute Gasteiger partial charge is 0.105 e. The predicted molar refractivity (Wildman–Crippen MR) is 70.2 cm³/mol. The van der Waals surface area contributed by atoms with E-state index in [0.29, 0.717) is 5.92 Å². The van der Waals surface area contributed by atoms with Crippen LogP contribution in [0, 0.1) is 11.8 Å². The quantitative estimate of drug-likeness (QED) is 0.784. The molecule has 1 fully saturated rings. The molecular formula is C15H21NO2. The first-order chi connectivity index (χ1) is 8.66. The molecular weight excluding hydrogens is 226 g/mol. The first kappa shape index (κ1) is 12.2. The highest BCUT2D eigenvalue weighted by Gasteiger charge is 2.40. The highest BCUT2D eigenvalue weighted by molar-refractivity contribution is 5.33. The van der Waals surface area contributed by atoms with Gasteiger partial charge in [0.1, 0.15) is 6.10 Å². The maximum Gasteiger partial charge on any atom is 0.105 e. The summed E-state index contributed by atoms with van der Waals surface area (Å²) < 4.78 is 0. The van der Waals surface area contributed by atoms with Crippen LogP contribution in [0.4, 0.5) is 0 Å². The van der Waals surface area contributed by atoms with Crippen molar-refractivity contribution in [3.8, 4) is 0 Å². The third-order valence-electron chi connectivity index (χ3n) is 4.62. The van der Waals surface area contributed by atoms with Crippen molar-refractivity contribution in [1.82, 2.24) is 4.90 Å². The number of hydrogen-bond acceptors (Lipinski definition) is 3. The second-order valence-corrected chi connectivity index (χ2v) is 5.81. The molecule has 0 aromatic heterocycles. The van der Waals surface area contributed by atoms with Crippen molar-refractivity contribution in [2.24, 2.45) is 11.8 Å². The van der Waals surface area contributed by atoms with Crippen molar-refractivity contribution >= 4 is 0 Å². The van der Waals surface area contributed by atoms with Crippen LogP contribution in [0.1, 0.15) is 23.7 Å². The van der Waals surface area contributed by atoms with E-state index in [1.54, 1.807) is 0 Å². The lowest BCUT2D eigenvalue weighted by atomic mass is 9.73. The number of hydrogen-bond donors (Lipinski definition) is 2. The number of rotatable bonds is 1. The number of benzene rings is 1. The van der Waals surface area contributed by atoms with Crippen LogP contribution in [0.2, 0.25) is 0 Å². The second kappa shape index (κ2) is 4.65. The summed E-state index contributed by atoms with van der Waals surface area (Å²) in [5, 5.41) is 20.6. The zero-order valence-corrected chi connectivity index (χ0v) is 10.8. The van der Waals surface area contributed by atoms with Gasteiger partial charge in [0.05, 0.1) is 6.10 Å². The van der Waals surface area contributed by atoms with E-state index in [4.69, 9.17) is 0 Å². The second-order valence-electron chi connectivity index (χ2n) is 5.81. The lowest BCUT2D eigenvalue weighted by Crippen LogP contribution is -2.39. The molecule has 0 saturated carbocycles. The minimum Gasteiger partial charge on any atom is -0.390 e. The minimum absolute atomic E-state index is 0.194. The van der Waals surface area contributed by atoms with Gasteiger partial charge in [0.25, 0.3) is 0 Å². The van der Waals surface area contributed by atoms with Crippen molar-refractivity contribution in [1.29, 1.82) is 0 Å². The van der Waals surface area contributed by atoms with Crippen LogP contribution < -0.4 is 0 Å². The normalized spacial score (nSPS) is 36.6. The van der Waals surface area contributed by atoms with E-state index in [1.165, 1.54) is 5.56 Å². The Morgan fingerprint density at radius 1 is 1.22 bits per heavy atom. The summed E-state index contributed by atoms with van der Waals surface area (Å²) >= 11 is 0. The Bertz CT molecular complexity index is 434. The Labute approximate surface area is 108 Å². The van der Waals surface area contributed by atoms with E-state index >= 15 is 0 Å². The molecule has 0 amide bonds. The molecule has 0 spiro atoms. The summed E-state index contributed by atoms with van der Waals surface area (Å²) in [5.41, 5.74) is 2.11. The summed E-state index contributed by atoms with van der Waals surface area (Å²) in [6.07, 6.45) is 0.697. The molecule has 2 N–H and O–H groups in total. The highest BCUT2D eigenvalue weighted by Crippen LogP contribution is 2.39. The number of fused-ring (bicyclic) bond motifs is 1. The Balaban J connectivity index is 1.86. The summed E-state index contributed by atoms with van der Waals surface area (Å²) in [4.78, 5) is 2.31. The van der Waals surface area contributed by atoms with Crippen LogP contribution in [0.3, 0.4) is 0 Å². The lowest BCUT2D eigenvalue weighted by molar-refractivity contribution is -0.0434. The molecule has 18 heavy (non-hydrogen) atoms. The van der Waals surface area contributed by atoms with Crippen molar-refractivity contribution in [2.75, 3.05) is 20.1 Å². The van der Waals surface area contributed by atoms with Crippen LogP contribution in [-0.4, -0.2) is 41.4 Å². The van der Waals surface area contributed by atoms with E-state index in [-0.39, 0.29) is 5.92 Å². The molecule has 1 aromatic carbocycles. The van der Waals surface area contributed by atoms with Crippen molar-refractivity contribution < 1.29 is 10.2 Å². The van der Waals surface area contributed by atoms with Gasteiger partial charge in [0, 0.05) is 6.54 Å². The largest absolute Gasteiger partial charge is 0.390 e. The molecule has 98 valence electrons. The van der Waals surface area contributed by atoms with Gasteiger partial charge in [-0.05, 0) is 49.4 Å². The maximum absolute atomic E-state index is 10.4. The third kappa shape index (κ3) is 1.96. The first-order valence-electron chi connectivity index (χ1n) is 6.79. The standard InChI is InChI=1S/C15H21NO2/c1-16-7-6-11(9-16)13-8-10-4-2-3-5-12(10)14(17)15(13)18/h2-5,11,13-15,17-18H,6-9H2,1H3. The Morgan fingerprint density at radius 2 is 2.00 bits per heavy atom. The molecule has 4 atom stereocenters. The monoisotopic (exact) mass is 247 g/mol. The Morgan fingerprint density at radius 3 is 2.72 bits per heavy atom. The Kier molecular flexibility index (Phi) is 3.14. The van der Waals surface area contributed by atoms with Crippen molar-refractivity contribution in [3.05, 3.63) is 35.4 Å². The van der Waals surface area contributed by atoms with Gasteiger partial charge in [-0.1, -0.05) is 24.3 Å². The molecule has 4 unspecified atom stereocenters. The van der Waals surface area contributed by atoms with Crippen LogP contribution in [0.25, 0.3) is 0 Å². The van der Waals surface area contributed by atoms with Crippen LogP contribution >= 0.6 is 0 Å². The van der Waals surface area contributed by atoms with E-state index in [0.717, 1.165) is 31.5 Å². The zero-order valence-electron chi connectivity index (χ0n) is 10.8. The van der Waals surface area contributed by atoms with Crippen molar-refractivity contribution in [2.45, 2.75) is 25.0 Å². The molecule has 3 heteroatoms. The topological polar surface area (TPSA) is 43.7 Å². The van der Waals surface area contributed by atoms with Gasteiger partial charge < -0.3 is 15.1 Å². The van der Waals surface area contributed by atoms with E-state index < -0.39 is 12.2 Å². The summed E-state index contributed by atoms with van der Waals surface area (Å²) in [5.74, 6) is 0.702. The molecule has 2 aliphatic rings. The summed E-state index contributed by atoms with van der Waals surface area (Å²) in [6.45, 7) is 2.14. The van der Waals surface area contributed by atoms with E-state index in [1.807, 2.05) is 18.2 Å². The fourth-order valence-electron chi connectivity index (χ4n) is 3.57. The van der Waals surface area contributed by atoms with Crippen LogP contribution in [0.15, 0.2) is 24.3 Å². The average molecular weight is 247 g/mol. The molecule has 1 saturated heterocycles. The maximum atomic E-state index is 10.4. The first-order valence-corrected chi connectivity index (χ1v) is 6.79. The molecule has 0 bridgehead atoms. The average Bonchev–Trinajstić information content (AvgIpc) is 2.80. The molecule has 3 rings (SSSR count). The van der Waals surface area contributed by atoms with Gasteiger partial charge in [0.2, 0.25) is 0 Å². The van der Waals surface area contributed by atoms with Gasteiger partial charge in [0.15, 0.2) is 0 Å². The Hall–Kier alpha value is -0.900. The van der Waals surface area contributed by atoms with Gasteiger partial charge in [-0.2, -0.15) is 0 Å². The van der Waals surface area contributed by atoms with Crippen molar-refractivity contribution in [3.63, 3.8) is 0 Å². The number of likely N-dealkylation sites (tertiary alicyclic amines) is 1. The van der Waals surface area contributed by atoms with Gasteiger partial charge in [-0.15, -0.1) is 0 Å². The van der Waals surface area contributed by atoms with Crippen LogP contribution in [0.5, 0.6) is 0 Å². The lowest BCUT2D eigenvalue weighted by Gasteiger charge is -2.37. The third-order valence-corrected chi connectivity index (χ3v) is 4.62. The van der Waals surface area contributed by atoms with Gasteiger partial charge >= 0.3 is 0 Å². The predicted octanol–water partition coefficient (Wildman–Crippen LogP) is 1.20. The number of aliphatic hydroxyl groups excluding tert-OH is 2. The summed E-state index contributed by atoms with van der Waals surface area (Å²) in [6, 6.07) is 7.95. The summed E-state index contributed by atoms with van der Waals surface area (Å²) in [7, 11) is 2.12. The molecule has 1 heterocycles. The van der Waals surface area contributed by atoms with E-state index in [9.17, 15) is 10.2 Å².